The number of anilines is 1. The van der Waals surface area contributed by atoms with Crippen molar-refractivity contribution in [3.8, 4) is 0 Å². The predicted octanol–water partition coefficient (Wildman–Crippen LogP) is 1.89. The lowest BCUT2D eigenvalue weighted by Crippen LogP contribution is -2.40. The van der Waals surface area contributed by atoms with Crippen molar-refractivity contribution in [1.29, 1.82) is 0 Å². The van der Waals surface area contributed by atoms with E-state index in [1.54, 1.807) is 4.90 Å². The van der Waals surface area contributed by atoms with E-state index in [0.29, 0.717) is 13.0 Å². The molecule has 1 aromatic carbocycles. The molecule has 2 amide bonds. The third-order valence-corrected chi connectivity index (χ3v) is 4.69. The summed E-state index contributed by atoms with van der Waals surface area (Å²) in [5, 5.41) is 6.29. The Morgan fingerprint density at radius 1 is 1.33 bits per heavy atom. The average Bonchev–Trinajstić information content (AvgIpc) is 3.18. The lowest BCUT2D eigenvalue weighted by molar-refractivity contribution is -0.126. The molecule has 2 saturated heterocycles. The van der Waals surface area contributed by atoms with Gasteiger partial charge in [0.05, 0.1) is 5.92 Å². The van der Waals surface area contributed by atoms with Crippen molar-refractivity contribution in [1.82, 2.24) is 10.6 Å². The van der Waals surface area contributed by atoms with E-state index in [-0.39, 0.29) is 36.2 Å². The van der Waals surface area contributed by atoms with Gasteiger partial charge in [0.2, 0.25) is 11.8 Å². The highest BCUT2D eigenvalue weighted by Crippen LogP contribution is 2.26. The van der Waals surface area contributed by atoms with Crippen molar-refractivity contribution in [3.63, 3.8) is 0 Å². The fraction of sp³-hybridized carbons (Fsp3) is 0.556. The number of nitrogens with zero attached hydrogens (tertiary/aromatic N) is 1. The maximum absolute atomic E-state index is 12.3. The van der Waals surface area contributed by atoms with Crippen molar-refractivity contribution in [2.45, 2.75) is 38.6 Å². The number of aryl methyl sites for hydroxylation is 1. The predicted molar refractivity (Wildman–Crippen MR) is 97.6 cm³/mol. The molecule has 2 fully saturated rings. The Hall–Kier alpha value is -1.59. The molecule has 1 aromatic rings. The van der Waals surface area contributed by atoms with Gasteiger partial charge in [0, 0.05) is 31.2 Å². The molecule has 0 bridgehead atoms. The lowest BCUT2D eigenvalue weighted by atomic mass is 10.1. The molecule has 2 heterocycles. The van der Waals surface area contributed by atoms with Gasteiger partial charge in [-0.1, -0.05) is 25.5 Å². The minimum atomic E-state index is -0.238. The molecular formula is C18H26ClN3O2. The summed E-state index contributed by atoms with van der Waals surface area (Å²) in [5.74, 6) is -0.187. The van der Waals surface area contributed by atoms with Crippen LogP contribution in [-0.4, -0.2) is 37.5 Å². The zero-order valence-electron chi connectivity index (χ0n) is 14.1. The van der Waals surface area contributed by atoms with E-state index in [2.05, 4.69) is 29.7 Å². The third kappa shape index (κ3) is 4.28. The third-order valence-electron chi connectivity index (χ3n) is 4.69. The molecule has 2 unspecified atom stereocenters. The molecule has 132 valence electrons. The van der Waals surface area contributed by atoms with E-state index in [4.69, 9.17) is 0 Å². The van der Waals surface area contributed by atoms with E-state index in [1.807, 2.05) is 12.1 Å². The molecule has 24 heavy (non-hydrogen) atoms. The minimum Gasteiger partial charge on any atom is -0.352 e. The highest BCUT2D eigenvalue weighted by molar-refractivity contribution is 6.00. The molecule has 2 aliphatic rings. The number of hydrogen-bond donors (Lipinski definition) is 2. The fourth-order valence-corrected chi connectivity index (χ4v) is 3.36. The van der Waals surface area contributed by atoms with Crippen molar-refractivity contribution >= 4 is 29.9 Å². The largest absolute Gasteiger partial charge is 0.352 e. The van der Waals surface area contributed by atoms with Crippen LogP contribution in [0.1, 0.15) is 31.7 Å². The zero-order chi connectivity index (χ0) is 16.2. The highest BCUT2D eigenvalue weighted by Gasteiger charge is 2.36. The summed E-state index contributed by atoms with van der Waals surface area (Å²) < 4.78 is 0. The zero-order valence-corrected chi connectivity index (χ0v) is 14.9. The van der Waals surface area contributed by atoms with Crippen molar-refractivity contribution in [2.24, 2.45) is 5.92 Å². The van der Waals surface area contributed by atoms with Gasteiger partial charge in [-0.3, -0.25) is 9.59 Å². The van der Waals surface area contributed by atoms with E-state index in [1.165, 1.54) is 5.56 Å². The maximum atomic E-state index is 12.3. The van der Waals surface area contributed by atoms with Gasteiger partial charge < -0.3 is 15.5 Å². The Balaban J connectivity index is 0.00000208. The number of carbonyl (C=O) groups excluding carboxylic acids is 2. The monoisotopic (exact) mass is 351 g/mol. The Morgan fingerprint density at radius 2 is 2.08 bits per heavy atom. The molecule has 2 N–H and O–H groups in total. The number of benzene rings is 1. The van der Waals surface area contributed by atoms with Crippen LogP contribution >= 0.6 is 12.4 Å². The normalized spacial score (nSPS) is 23.2. The van der Waals surface area contributed by atoms with Gasteiger partial charge in [-0.15, -0.1) is 12.4 Å². The quantitative estimate of drug-likeness (QED) is 0.851. The first-order valence-corrected chi connectivity index (χ1v) is 8.57. The summed E-state index contributed by atoms with van der Waals surface area (Å²) in [7, 11) is 0. The van der Waals surface area contributed by atoms with Crippen LogP contribution in [0.15, 0.2) is 24.3 Å². The SMILES string of the molecule is CCCc1ccc(N2CC(C(=O)NC3CCNC3)CC2=O)cc1.Cl. The van der Waals surface area contributed by atoms with Gasteiger partial charge in [-0.25, -0.2) is 0 Å². The molecule has 6 heteroatoms. The second kappa shape index (κ2) is 8.49. The molecular weight excluding hydrogens is 326 g/mol. The van der Waals surface area contributed by atoms with Crippen LogP contribution < -0.4 is 15.5 Å². The van der Waals surface area contributed by atoms with Crippen LogP contribution in [0.25, 0.3) is 0 Å². The maximum Gasteiger partial charge on any atom is 0.227 e. The van der Waals surface area contributed by atoms with Crippen LogP contribution in [-0.2, 0) is 16.0 Å². The fourth-order valence-electron chi connectivity index (χ4n) is 3.36. The van der Waals surface area contributed by atoms with Crippen LogP contribution in [0.3, 0.4) is 0 Å². The topological polar surface area (TPSA) is 61.4 Å². The van der Waals surface area contributed by atoms with Gasteiger partial charge in [0.25, 0.3) is 0 Å². The molecule has 0 saturated carbocycles. The van der Waals surface area contributed by atoms with E-state index >= 15 is 0 Å². The van der Waals surface area contributed by atoms with Crippen LogP contribution in [0.2, 0.25) is 0 Å². The Morgan fingerprint density at radius 3 is 2.71 bits per heavy atom. The summed E-state index contributed by atoms with van der Waals surface area (Å²) in [5.41, 5.74) is 2.18. The second-order valence-corrected chi connectivity index (χ2v) is 6.52. The Kier molecular flexibility index (Phi) is 6.63. The molecule has 0 aromatic heterocycles. The summed E-state index contributed by atoms with van der Waals surface area (Å²) in [6, 6.07) is 8.33. The standard InChI is InChI=1S/C18H25N3O2.ClH/c1-2-3-13-4-6-16(7-5-13)21-12-14(10-17(21)22)18(23)20-15-8-9-19-11-15;/h4-7,14-15,19H,2-3,8-12H2,1H3,(H,20,23);1H. The average molecular weight is 352 g/mol. The second-order valence-electron chi connectivity index (χ2n) is 6.52. The first-order valence-electron chi connectivity index (χ1n) is 8.57. The van der Waals surface area contributed by atoms with Gasteiger partial charge in [0.1, 0.15) is 0 Å². The summed E-state index contributed by atoms with van der Waals surface area (Å²) in [6.07, 6.45) is 3.44. The number of hydrogen-bond acceptors (Lipinski definition) is 3. The number of nitrogens with one attached hydrogen (secondary N) is 2. The number of halogens is 1. The highest BCUT2D eigenvalue weighted by atomic mass is 35.5. The molecule has 0 spiro atoms. The Bertz CT molecular complexity index is 570. The van der Waals surface area contributed by atoms with Crippen molar-refractivity contribution in [3.05, 3.63) is 29.8 Å². The number of amides is 2. The van der Waals surface area contributed by atoms with E-state index < -0.39 is 0 Å². The van der Waals surface area contributed by atoms with Gasteiger partial charge in [-0.05, 0) is 37.1 Å². The minimum absolute atomic E-state index is 0. The van der Waals surface area contributed by atoms with Crippen molar-refractivity contribution < 1.29 is 9.59 Å². The number of carbonyl (C=O) groups is 2. The molecule has 0 aliphatic carbocycles. The van der Waals surface area contributed by atoms with Crippen LogP contribution in [0, 0.1) is 5.92 Å². The molecule has 2 atom stereocenters. The summed E-state index contributed by atoms with van der Waals surface area (Å²) in [4.78, 5) is 26.4. The van der Waals surface area contributed by atoms with E-state index in [0.717, 1.165) is 38.0 Å². The van der Waals surface area contributed by atoms with Crippen LogP contribution in [0.5, 0.6) is 0 Å². The molecule has 0 radical (unpaired) electrons. The van der Waals surface area contributed by atoms with Gasteiger partial charge in [0.15, 0.2) is 0 Å². The van der Waals surface area contributed by atoms with Crippen molar-refractivity contribution in [2.75, 3.05) is 24.5 Å². The molecule has 3 rings (SSSR count). The van der Waals surface area contributed by atoms with Gasteiger partial charge >= 0.3 is 0 Å². The first kappa shape index (κ1) is 18.7. The van der Waals surface area contributed by atoms with E-state index in [9.17, 15) is 9.59 Å². The van der Waals surface area contributed by atoms with Gasteiger partial charge in [-0.2, -0.15) is 0 Å². The molecule has 5 nitrogen and oxygen atoms in total. The lowest BCUT2D eigenvalue weighted by Gasteiger charge is -2.18. The summed E-state index contributed by atoms with van der Waals surface area (Å²) in [6.45, 7) is 4.42. The Labute approximate surface area is 149 Å². The molecule has 2 aliphatic heterocycles. The summed E-state index contributed by atoms with van der Waals surface area (Å²) >= 11 is 0. The first-order chi connectivity index (χ1) is 11.2. The van der Waals surface area contributed by atoms with Crippen LogP contribution in [0.4, 0.5) is 5.69 Å². The number of rotatable bonds is 5. The smallest absolute Gasteiger partial charge is 0.227 e.